The van der Waals surface area contributed by atoms with Crippen LogP contribution < -0.4 is 14.9 Å². The first-order valence-corrected chi connectivity index (χ1v) is 6.79. The van der Waals surface area contributed by atoms with Crippen molar-refractivity contribution in [3.63, 3.8) is 0 Å². The summed E-state index contributed by atoms with van der Waals surface area (Å²) in [7, 11) is 0. The first-order valence-electron chi connectivity index (χ1n) is 5.91. The molecule has 0 bridgehead atoms. The number of ether oxygens (including phenoxy) is 1. The summed E-state index contributed by atoms with van der Waals surface area (Å²) in [5.74, 6) is 0.433. The van der Waals surface area contributed by atoms with E-state index in [1.165, 1.54) is 12.1 Å². The molecule has 0 saturated heterocycles. The van der Waals surface area contributed by atoms with Crippen LogP contribution >= 0.6 is 11.3 Å². The molecule has 1 aromatic carbocycles. The van der Waals surface area contributed by atoms with Gasteiger partial charge in [0.2, 0.25) is 0 Å². The fraction of sp³-hybridized carbons (Fsp3) is 0.250. The van der Waals surface area contributed by atoms with E-state index in [9.17, 15) is 14.9 Å². The lowest BCUT2D eigenvalue weighted by Crippen LogP contribution is -2.04. The minimum absolute atomic E-state index is 0.0442. The maximum absolute atomic E-state index is 11.0. The summed E-state index contributed by atoms with van der Waals surface area (Å²) in [6, 6.07) is 4.48. The van der Waals surface area contributed by atoms with Crippen LogP contribution in [-0.2, 0) is 6.54 Å². The molecule has 0 amide bonds. The zero-order valence-electron chi connectivity index (χ0n) is 10.7. The van der Waals surface area contributed by atoms with Crippen LogP contribution in [0.3, 0.4) is 0 Å². The van der Waals surface area contributed by atoms with Crippen LogP contribution in [0.25, 0.3) is 0 Å². The maximum atomic E-state index is 11.0. The van der Waals surface area contributed by atoms with E-state index < -0.39 is 4.92 Å². The van der Waals surface area contributed by atoms with Crippen LogP contribution in [0.5, 0.6) is 5.75 Å². The summed E-state index contributed by atoms with van der Waals surface area (Å²) in [5, 5.41) is 15.6. The largest absolute Gasteiger partial charge is 0.494 e. The van der Waals surface area contributed by atoms with E-state index in [-0.39, 0.29) is 10.6 Å². The van der Waals surface area contributed by atoms with Gasteiger partial charge in [-0.1, -0.05) is 11.3 Å². The number of anilines is 1. The van der Waals surface area contributed by atoms with Crippen LogP contribution in [0, 0.1) is 10.1 Å². The summed E-state index contributed by atoms with van der Waals surface area (Å²) in [4.78, 5) is 23.9. The summed E-state index contributed by atoms with van der Waals surface area (Å²) >= 11 is 1.07. The minimum Gasteiger partial charge on any atom is -0.494 e. The monoisotopic (exact) mass is 295 g/mol. The zero-order valence-corrected chi connectivity index (χ0v) is 11.5. The molecule has 0 unspecified atom stereocenters. The van der Waals surface area contributed by atoms with Crippen LogP contribution in [0.2, 0.25) is 0 Å². The molecule has 2 aromatic rings. The Labute approximate surface area is 118 Å². The minimum atomic E-state index is -0.472. The molecular formula is C12H13N3O4S. The van der Waals surface area contributed by atoms with Crippen molar-refractivity contribution in [3.05, 3.63) is 49.1 Å². The molecule has 0 fully saturated rings. The average molecular weight is 295 g/mol. The third kappa shape index (κ3) is 3.58. The van der Waals surface area contributed by atoms with E-state index in [1.54, 1.807) is 11.4 Å². The number of aromatic amines is 1. The fourth-order valence-electron chi connectivity index (χ4n) is 1.64. The lowest BCUT2D eigenvalue weighted by Gasteiger charge is -2.08. The number of nitro groups is 1. The number of hydrogen-bond acceptors (Lipinski definition) is 6. The van der Waals surface area contributed by atoms with E-state index in [4.69, 9.17) is 4.74 Å². The van der Waals surface area contributed by atoms with Crippen molar-refractivity contribution in [2.75, 3.05) is 11.9 Å². The van der Waals surface area contributed by atoms with Crippen molar-refractivity contribution in [3.8, 4) is 5.75 Å². The van der Waals surface area contributed by atoms with Crippen molar-refractivity contribution in [2.45, 2.75) is 13.5 Å². The fourth-order valence-corrected chi connectivity index (χ4v) is 2.22. The number of nitro benzene ring substituents is 1. The molecule has 8 heteroatoms. The Morgan fingerprint density at radius 2 is 2.25 bits per heavy atom. The second kappa shape index (κ2) is 6.20. The van der Waals surface area contributed by atoms with Crippen LogP contribution in [0.15, 0.2) is 28.4 Å². The van der Waals surface area contributed by atoms with Crippen molar-refractivity contribution in [1.82, 2.24) is 4.98 Å². The number of aromatic nitrogens is 1. The highest BCUT2D eigenvalue weighted by Crippen LogP contribution is 2.26. The molecule has 2 rings (SSSR count). The molecule has 0 aliphatic heterocycles. The number of H-pyrrole nitrogens is 1. The van der Waals surface area contributed by atoms with Gasteiger partial charge in [-0.25, -0.2) is 0 Å². The normalized spacial score (nSPS) is 10.2. The molecule has 0 aliphatic rings. The predicted octanol–water partition coefficient (Wildman–Crippen LogP) is 2.36. The van der Waals surface area contributed by atoms with Gasteiger partial charge in [0.25, 0.3) is 5.69 Å². The number of non-ortho nitro benzene ring substituents is 1. The highest BCUT2D eigenvalue weighted by molar-refractivity contribution is 7.07. The Hall–Kier alpha value is -2.35. The number of nitrogens with zero attached hydrogens (tertiary/aromatic N) is 1. The molecule has 0 aliphatic carbocycles. The molecule has 106 valence electrons. The van der Waals surface area contributed by atoms with Crippen LogP contribution in [0.1, 0.15) is 12.6 Å². The first-order chi connectivity index (χ1) is 9.58. The summed E-state index contributed by atoms with van der Waals surface area (Å²) < 4.78 is 5.29. The molecule has 2 N–H and O–H groups in total. The Morgan fingerprint density at radius 1 is 1.45 bits per heavy atom. The first kappa shape index (κ1) is 14.1. The highest BCUT2D eigenvalue weighted by atomic mass is 32.1. The second-order valence-electron chi connectivity index (χ2n) is 3.93. The standard InChI is InChI=1S/C12H13N3O4S/c1-2-19-11-4-8(3-10(5-11)15(17)18)13-6-9-7-20-12(16)14-9/h3-5,7,13H,2,6H2,1H3,(H,14,16). The molecular weight excluding hydrogens is 282 g/mol. The van der Waals surface area contributed by atoms with Gasteiger partial charge in [0.1, 0.15) is 5.75 Å². The maximum Gasteiger partial charge on any atom is 0.304 e. The van der Waals surface area contributed by atoms with E-state index in [0.29, 0.717) is 24.6 Å². The topological polar surface area (TPSA) is 97.3 Å². The molecule has 0 atom stereocenters. The quantitative estimate of drug-likeness (QED) is 0.629. The zero-order chi connectivity index (χ0) is 14.5. The average Bonchev–Trinajstić information content (AvgIpc) is 2.82. The summed E-state index contributed by atoms with van der Waals surface area (Å²) in [6.07, 6.45) is 0. The SMILES string of the molecule is CCOc1cc(NCc2csc(=O)[nH]2)cc([N+](=O)[O-])c1. The molecule has 0 saturated carbocycles. The van der Waals surface area contributed by atoms with Crippen molar-refractivity contribution in [1.29, 1.82) is 0 Å². The van der Waals surface area contributed by atoms with Crippen molar-refractivity contribution < 1.29 is 9.66 Å². The molecule has 0 spiro atoms. The highest BCUT2D eigenvalue weighted by Gasteiger charge is 2.10. The lowest BCUT2D eigenvalue weighted by molar-refractivity contribution is -0.384. The molecule has 1 heterocycles. The number of nitrogens with one attached hydrogen (secondary N) is 2. The Bertz CT molecular complexity index is 665. The molecule has 0 radical (unpaired) electrons. The van der Waals surface area contributed by atoms with E-state index in [0.717, 1.165) is 17.0 Å². The van der Waals surface area contributed by atoms with Crippen molar-refractivity contribution in [2.24, 2.45) is 0 Å². The molecule has 7 nitrogen and oxygen atoms in total. The van der Waals surface area contributed by atoms with Crippen LogP contribution in [-0.4, -0.2) is 16.5 Å². The molecule has 20 heavy (non-hydrogen) atoms. The van der Waals surface area contributed by atoms with Crippen LogP contribution in [0.4, 0.5) is 11.4 Å². The van der Waals surface area contributed by atoms with Gasteiger partial charge in [-0.3, -0.25) is 14.9 Å². The number of thiazole rings is 1. The second-order valence-corrected chi connectivity index (χ2v) is 4.77. The molecule has 1 aromatic heterocycles. The van der Waals surface area contributed by atoms with Gasteiger partial charge in [-0.15, -0.1) is 0 Å². The van der Waals surface area contributed by atoms with E-state index in [1.807, 2.05) is 6.92 Å². The Balaban J connectivity index is 2.17. The summed E-state index contributed by atoms with van der Waals surface area (Å²) in [6.45, 7) is 2.62. The smallest absolute Gasteiger partial charge is 0.304 e. The van der Waals surface area contributed by atoms with Gasteiger partial charge in [0, 0.05) is 28.9 Å². The van der Waals surface area contributed by atoms with Crippen molar-refractivity contribution >= 4 is 22.7 Å². The third-order valence-electron chi connectivity index (χ3n) is 2.47. The van der Waals surface area contributed by atoms with Gasteiger partial charge in [-0.05, 0) is 6.92 Å². The summed E-state index contributed by atoms with van der Waals surface area (Å²) in [5.41, 5.74) is 1.25. The number of hydrogen-bond donors (Lipinski definition) is 2. The van der Waals surface area contributed by atoms with Gasteiger partial charge in [0.15, 0.2) is 0 Å². The van der Waals surface area contributed by atoms with Gasteiger partial charge >= 0.3 is 4.87 Å². The number of benzene rings is 1. The predicted molar refractivity (Wildman–Crippen MR) is 76.5 cm³/mol. The van der Waals surface area contributed by atoms with E-state index >= 15 is 0 Å². The number of rotatable bonds is 6. The lowest BCUT2D eigenvalue weighted by atomic mass is 10.2. The van der Waals surface area contributed by atoms with E-state index in [2.05, 4.69) is 10.3 Å². The third-order valence-corrected chi connectivity index (χ3v) is 3.19. The Kier molecular flexibility index (Phi) is 4.36. The van der Waals surface area contributed by atoms with Gasteiger partial charge < -0.3 is 15.0 Å². The Morgan fingerprint density at radius 3 is 2.85 bits per heavy atom. The van der Waals surface area contributed by atoms with Gasteiger partial charge in [-0.2, -0.15) is 0 Å². The van der Waals surface area contributed by atoms with Gasteiger partial charge in [0.05, 0.1) is 24.1 Å².